The molecule has 0 radical (unpaired) electrons. The number of benzene rings is 3. The van der Waals surface area contributed by atoms with Crippen molar-refractivity contribution in [2.24, 2.45) is 4.99 Å². The van der Waals surface area contributed by atoms with E-state index in [4.69, 9.17) is 30.8 Å². The summed E-state index contributed by atoms with van der Waals surface area (Å²) in [6.45, 7) is 3.91. The number of carbonyl (C=O) groups excluding carboxylic acids is 1. The highest BCUT2D eigenvalue weighted by Crippen LogP contribution is 2.38. The molecule has 0 aliphatic carbocycles. The van der Waals surface area contributed by atoms with Crippen LogP contribution in [0.5, 0.6) is 11.5 Å². The van der Waals surface area contributed by atoms with Gasteiger partial charge < -0.3 is 14.2 Å². The van der Waals surface area contributed by atoms with E-state index in [9.17, 15) is 14.0 Å². The van der Waals surface area contributed by atoms with Gasteiger partial charge in [-0.05, 0) is 49.8 Å². The minimum atomic E-state index is -0.875. The Bertz CT molecular complexity index is 1880. The first-order chi connectivity index (χ1) is 20.9. The lowest BCUT2D eigenvalue weighted by atomic mass is 9.93. The summed E-state index contributed by atoms with van der Waals surface area (Å²) in [4.78, 5) is 32.8. The molecule has 4 aromatic rings. The number of rotatable bonds is 10. The van der Waals surface area contributed by atoms with Gasteiger partial charge in [0.25, 0.3) is 5.56 Å². The van der Waals surface area contributed by atoms with Crippen molar-refractivity contribution in [1.29, 1.82) is 0 Å². The lowest BCUT2D eigenvalue weighted by Crippen LogP contribution is -2.40. The SMILES string of the molecule is CCCC1=C(C(=O)OCC)[C@@H](c2cc(Cl)ccc2OC)n2c(s/c(=C/c3ccccc3OCc3ccccc3F)c2=O)=N1. The van der Waals surface area contributed by atoms with E-state index >= 15 is 0 Å². The Kier molecular flexibility index (Phi) is 9.43. The van der Waals surface area contributed by atoms with Crippen LogP contribution in [0.25, 0.3) is 6.08 Å². The van der Waals surface area contributed by atoms with Crippen molar-refractivity contribution in [3.8, 4) is 11.5 Å². The number of fused-ring (bicyclic) bond motifs is 1. The monoisotopic (exact) mass is 620 g/mol. The smallest absolute Gasteiger partial charge is 0.338 e. The Labute approximate surface area is 257 Å². The van der Waals surface area contributed by atoms with Crippen LogP contribution in [0.4, 0.5) is 4.39 Å². The van der Waals surface area contributed by atoms with E-state index in [0.29, 0.717) is 54.7 Å². The molecule has 0 saturated carbocycles. The topological polar surface area (TPSA) is 79.1 Å². The van der Waals surface area contributed by atoms with Crippen LogP contribution >= 0.6 is 22.9 Å². The largest absolute Gasteiger partial charge is 0.496 e. The quantitative estimate of drug-likeness (QED) is 0.205. The second-order valence-corrected chi connectivity index (χ2v) is 11.2. The summed E-state index contributed by atoms with van der Waals surface area (Å²) in [5, 5.41) is 0.427. The Balaban J connectivity index is 1.68. The number of para-hydroxylation sites is 1. The normalized spacial score (nSPS) is 14.7. The summed E-state index contributed by atoms with van der Waals surface area (Å²) < 4.78 is 33.2. The van der Waals surface area contributed by atoms with E-state index in [0.717, 1.165) is 6.42 Å². The molecule has 222 valence electrons. The molecule has 10 heteroatoms. The molecule has 0 spiro atoms. The predicted molar refractivity (Wildman–Crippen MR) is 165 cm³/mol. The van der Waals surface area contributed by atoms with Gasteiger partial charge in [-0.15, -0.1) is 0 Å². The van der Waals surface area contributed by atoms with Crippen LogP contribution in [0.15, 0.2) is 87.8 Å². The highest BCUT2D eigenvalue weighted by atomic mass is 35.5. The molecular formula is C33H30ClFN2O5S. The second kappa shape index (κ2) is 13.4. The van der Waals surface area contributed by atoms with Gasteiger partial charge in [0.15, 0.2) is 4.80 Å². The van der Waals surface area contributed by atoms with Crippen LogP contribution in [-0.2, 0) is 16.1 Å². The summed E-state index contributed by atoms with van der Waals surface area (Å²) >= 11 is 7.63. The Hall–Kier alpha value is -4.21. The zero-order valence-electron chi connectivity index (χ0n) is 23.9. The number of carbonyl (C=O) groups is 1. The van der Waals surface area contributed by atoms with Crippen molar-refractivity contribution in [2.75, 3.05) is 13.7 Å². The zero-order valence-corrected chi connectivity index (χ0v) is 25.5. The van der Waals surface area contributed by atoms with Gasteiger partial charge in [0.05, 0.1) is 29.5 Å². The first-order valence-corrected chi connectivity index (χ1v) is 15.1. The molecule has 5 rings (SSSR count). The summed E-state index contributed by atoms with van der Waals surface area (Å²) in [6, 6.07) is 17.9. The van der Waals surface area contributed by atoms with Crippen molar-refractivity contribution in [3.05, 3.63) is 125 Å². The van der Waals surface area contributed by atoms with Gasteiger partial charge in [-0.25, -0.2) is 14.2 Å². The molecular weight excluding hydrogens is 591 g/mol. The number of thiazole rings is 1. The molecule has 1 atom stereocenters. The minimum absolute atomic E-state index is 0.0244. The first-order valence-electron chi connectivity index (χ1n) is 13.9. The third-order valence-corrected chi connectivity index (χ3v) is 8.14. The standard InChI is InChI=1S/C33H30ClFN2O5S/c1-4-10-25-29(32(39)41-5-2)30(23-18-22(34)15-16-27(23)40-3)37-31(38)28(43-33(37)36-25)17-20-11-7-9-14-26(20)42-19-21-12-6-8-13-24(21)35/h6-9,11-18,30H,4-5,10,19H2,1-3H3/b28-17+/t30-/m1/s1. The predicted octanol–water partition coefficient (Wildman–Crippen LogP) is 5.96. The molecule has 0 fully saturated rings. The molecule has 0 bridgehead atoms. The zero-order chi connectivity index (χ0) is 30.5. The fourth-order valence-electron chi connectivity index (χ4n) is 4.98. The Morgan fingerprint density at radius 1 is 1.09 bits per heavy atom. The van der Waals surface area contributed by atoms with E-state index in [1.165, 1.54) is 29.1 Å². The van der Waals surface area contributed by atoms with Crippen molar-refractivity contribution < 1.29 is 23.4 Å². The minimum Gasteiger partial charge on any atom is -0.496 e. The Morgan fingerprint density at radius 3 is 2.60 bits per heavy atom. The van der Waals surface area contributed by atoms with Crippen molar-refractivity contribution >= 4 is 35.0 Å². The number of halogens is 2. The molecule has 1 aromatic heterocycles. The van der Waals surface area contributed by atoms with Crippen LogP contribution in [0.2, 0.25) is 5.02 Å². The number of hydrogen-bond donors (Lipinski definition) is 0. The first kappa shape index (κ1) is 30.3. The Morgan fingerprint density at radius 2 is 1.86 bits per heavy atom. The van der Waals surface area contributed by atoms with Crippen LogP contribution < -0.4 is 24.4 Å². The molecule has 0 unspecified atom stereocenters. The molecule has 3 aromatic carbocycles. The number of nitrogens with zero attached hydrogens (tertiary/aromatic N) is 2. The van der Waals surface area contributed by atoms with Crippen LogP contribution in [0, 0.1) is 5.82 Å². The van der Waals surface area contributed by atoms with Crippen molar-refractivity contribution in [2.45, 2.75) is 39.3 Å². The van der Waals surface area contributed by atoms with Gasteiger partial charge in [-0.2, -0.15) is 0 Å². The lowest BCUT2D eigenvalue weighted by molar-refractivity contribution is -0.139. The number of hydrogen-bond acceptors (Lipinski definition) is 7. The van der Waals surface area contributed by atoms with Gasteiger partial charge in [0, 0.05) is 21.7 Å². The van der Waals surface area contributed by atoms with Crippen LogP contribution in [0.3, 0.4) is 0 Å². The number of ether oxygens (including phenoxy) is 3. The summed E-state index contributed by atoms with van der Waals surface area (Å²) in [6.07, 6.45) is 2.95. The van der Waals surface area contributed by atoms with E-state index in [1.807, 2.05) is 25.1 Å². The maximum Gasteiger partial charge on any atom is 0.338 e. The third-order valence-electron chi connectivity index (χ3n) is 6.93. The summed E-state index contributed by atoms with van der Waals surface area (Å²) in [5.41, 5.74) is 2.08. The van der Waals surface area contributed by atoms with E-state index < -0.39 is 12.0 Å². The molecule has 1 aliphatic rings. The van der Waals surface area contributed by atoms with Crippen LogP contribution in [0.1, 0.15) is 49.4 Å². The average molecular weight is 621 g/mol. The van der Waals surface area contributed by atoms with Crippen LogP contribution in [-0.4, -0.2) is 24.3 Å². The van der Waals surface area contributed by atoms with E-state index in [1.54, 1.807) is 55.5 Å². The van der Waals surface area contributed by atoms with Gasteiger partial charge >= 0.3 is 5.97 Å². The molecule has 43 heavy (non-hydrogen) atoms. The second-order valence-electron chi connectivity index (χ2n) is 9.72. The highest BCUT2D eigenvalue weighted by Gasteiger charge is 2.36. The van der Waals surface area contributed by atoms with Crippen molar-refractivity contribution in [1.82, 2.24) is 4.57 Å². The van der Waals surface area contributed by atoms with Gasteiger partial charge in [0.1, 0.15) is 30.0 Å². The average Bonchev–Trinajstić information content (AvgIpc) is 3.31. The van der Waals surface area contributed by atoms with Crippen molar-refractivity contribution in [3.63, 3.8) is 0 Å². The van der Waals surface area contributed by atoms with E-state index in [2.05, 4.69) is 0 Å². The maximum absolute atomic E-state index is 14.2. The summed E-state index contributed by atoms with van der Waals surface area (Å²) in [7, 11) is 1.52. The third kappa shape index (κ3) is 6.28. The van der Waals surface area contributed by atoms with Gasteiger partial charge in [0.2, 0.25) is 0 Å². The maximum atomic E-state index is 14.2. The molecule has 1 aliphatic heterocycles. The fraction of sp³-hybridized carbons (Fsp3) is 0.242. The van der Waals surface area contributed by atoms with Gasteiger partial charge in [-0.1, -0.05) is 72.7 Å². The molecule has 0 saturated heterocycles. The number of esters is 1. The number of methoxy groups -OCH3 is 1. The number of aromatic nitrogens is 1. The molecule has 0 amide bonds. The molecule has 0 N–H and O–H groups in total. The molecule has 2 heterocycles. The summed E-state index contributed by atoms with van der Waals surface area (Å²) in [5.74, 6) is 0.0480. The fourth-order valence-corrected chi connectivity index (χ4v) is 6.17. The molecule has 7 nitrogen and oxygen atoms in total. The number of allylic oxidation sites excluding steroid dienone is 1. The van der Waals surface area contributed by atoms with E-state index in [-0.39, 0.29) is 30.2 Å². The highest BCUT2D eigenvalue weighted by molar-refractivity contribution is 7.07. The van der Waals surface area contributed by atoms with Gasteiger partial charge in [-0.3, -0.25) is 9.36 Å². The lowest BCUT2D eigenvalue weighted by Gasteiger charge is -2.27.